The Morgan fingerprint density at radius 3 is 3.10 bits per heavy atom. The number of carbonyl (C=O) groups is 1. The highest BCUT2D eigenvalue weighted by Gasteiger charge is 2.43. The van der Waals surface area contributed by atoms with Crippen LogP contribution in [-0.2, 0) is 10.2 Å². The molecule has 2 unspecified atom stereocenters. The molecule has 2 fully saturated rings. The summed E-state index contributed by atoms with van der Waals surface area (Å²) in [5.41, 5.74) is 1.53. The molecule has 1 aliphatic heterocycles. The van der Waals surface area contributed by atoms with Crippen molar-refractivity contribution in [2.24, 2.45) is 5.92 Å². The average molecular weight is 287 g/mol. The van der Waals surface area contributed by atoms with Crippen molar-refractivity contribution in [3.8, 4) is 5.75 Å². The van der Waals surface area contributed by atoms with Gasteiger partial charge < -0.3 is 10.1 Å². The van der Waals surface area contributed by atoms with Gasteiger partial charge in [0.2, 0.25) is 5.91 Å². The largest absolute Gasteiger partial charge is 0.494 e. The van der Waals surface area contributed by atoms with Gasteiger partial charge in [0, 0.05) is 18.4 Å². The Labute approximate surface area is 127 Å². The Hall–Kier alpha value is -1.51. The topological polar surface area (TPSA) is 38.3 Å². The molecule has 3 heteroatoms. The number of hydrogen-bond acceptors (Lipinski definition) is 2. The molecule has 1 N–H and O–H groups in total. The fourth-order valence-corrected chi connectivity index (χ4v) is 4.19. The van der Waals surface area contributed by atoms with Gasteiger partial charge in [-0.3, -0.25) is 4.79 Å². The van der Waals surface area contributed by atoms with E-state index in [9.17, 15) is 4.79 Å². The second-order valence-corrected chi connectivity index (χ2v) is 6.36. The van der Waals surface area contributed by atoms with Crippen molar-refractivity contribution in [2.75, 3.05) is 13.2 Å². The predicted octanol–water partition coefficient (Wildman–Crippen LogP) is 3.42. The summed E-state index contributed by atoms with van der Waals surface area (Å²) in [4.78, 5) is 11.8. The van der Waals surface area contributed by atoms with Gasteiger partial charge in [-0.25, -0.2) is 0 Å². The lowest BCUT2D eigenvalue weighted by atomic mass is 9.61. The van der Waals surface area contributed by atoms with Crippen LogP contribution in [0.2, 0.25) is 0 Å². The van der Waals surface area contributed by atoms with Crippen molar-refractivity contribution in [3.63, 3.8) is 0 Å². The van der Waals surface area contributed by atoms with Crippen molar-refractivity contribution in [1.82, 2.24) is 5.32 Å². The maximum Gasteiger partial charge on any atom is 0.220 e. The van der Waals surface area contributed by atoms with Crippen molar-refractivity contribution in [2.45, 2.75) is 50.9 Å². The summed E-state index contributed by atoms with van der Waals surface area (Å²) in [5, 5.41) is 3.11. The minimum Gasteiger partial charge on any atom is -0.494 e. The molecule has 1 amide bonds. The second kappa shape index (κ2) is 6.08. The standard InChI is InChI=1S/C18H25NO2/c1-2-21-16-8-5-7-14(12-16)18-10-4-3-6-15(18)13-19-17(20)9-11-18/h5,7-8,12,15H,2-4,6,9-11,13H2,1H3,(H,19,20). The Bertz CT molecular complexity index is 514. The highest BCUT2D eigenvalue weighted by molar-refractivity contribution is 5.76. The highest BCUT2D eigenvalue weighted by atomic mass is 16.5. The number of amides is 1. The van der Waals surface area contributed by atoms with Crippen LogP contribution in [0.5, 0.6) is 5.75 Å². The van der Waals surface area contributed by atoms with E-state index in [0.29, 0.717) is 18.9 Å². The smallest absolute Gasteiger partial charge is 0.220 e. The van der Waals surface area contributed by atoms with Crippen LogP contribution in [0.1, 0.15) is 51.0 Å². The van der Waals surface area contributed by atoms with Gasteiger partial charge in [-0.2, -0.15) is 0 Å². The number of fused-ring (bicyclic) bond motifs is 1. The molecule has 2 atom stereocenters. The third-order valence-electron chi connectivity index (χ3n) is 5.27. The Balaban J connectivity index is 1.97. The van der Waals surface area contributed by atoms with E-state index in [4.69, 9.17) is 4.74 Å². The number of ether oxygens (including phenoxy) is 1. The van der Waals surface area contributed by atoms with Crippen LogP contribution in [0, 0.1) is 5.92 Å². The molecule has 21 heavy (non-hydrogen) atoms. The van der Waals surface area contributed by atoms with Crippen LogP contribution >= 0.6 is 0 Å². The Kier molecular flexibility index (Phi) is 4.18. The van der Waals surface area contributed by atoms with Crippen LogP contribution in [0.25, 0.3) is 0 Å². The summed E-state index contributed by atoms with van der Waals surface area (Å²) in [6.07, 6.45) is 6.59. The van der Waals surface area contributed by atoms with Crippen LogP contribution in [-0.4, -0.2) is 19.1 Å². The minimum atomic E-state index is 0.157. The van der Waals surface area contributed by atoms with E-state index in [1.54, 1.807) is 0 Å². The number of rotatable bonds is 3. The number of benzene rings is 1. The molecule has 114 valence electrons. The molecular weight excluding hydrogens is 262 g/mol. The molecule has 3 rings (SSSR count). The number of hydrogen-bond donors (Lipinski definition) is 1. The fraction of sp³-hybridized carbons (Fsp3) is 0.611. The van der Waals surface area contributed by atoms with Crippen molar-refractivity contribution in [3.05, 3.63) is 29.8 Å². The molecule has 1 aromatic carbocycles. The first kappa shape index (κ1) is 14.4. The molecule has 0 aromatic heterocycles. The maximum atomic E-state index is 11.8. The van der Waals surface area contributed by atoms with Gasteiger partial charge in [0.15, 0.2) is 0 Å². The molecule has 0 bridgehead atoms. The number of nitrogens with one attached hydrogen (secondary N) is 1. The van der Waals surface area contributed by atoms with Crippen LogP contribution < -0.4 is 10.1 Å². The molecule has 3 nitrogen and oxygen atoms in total. The molecule has 1 saturated heterocycles. The second-order valence-electron chi connectivity index (χ2n) is 6.36. The zero-order valence-electron chi connectivity index (χ0n) is 12.9. The molecule has 1 heterocycles. The lowest BCUT2D eigenvalue weighted by Gasteiger charge is -2.44. The van der Waals surface area contributed by atoms with Crippen molar-refractivity contribution < 1.29 is 9.53 Å². The zero-order chi connectivity index (χ0) is 14.7. The molecule has 0 spiro atoms. The first-order valence-electron chi connectivity index (χ1n) is 8.24. The molecule has 2 aliphatic rings. The number of carbonyl (C=O) groups excluding carboxylic acids is 1. The summed E-state index contributed by atoms with van der Waals surface area (Å²) in [6.45, 7) is 3.54. The van der Waals surface area contributed by atoms with Crippen LogP contribution in [0.15, 0.2) is 24.3 Å². The third kappa shape index (κ3) is 2.78. The van der Waals surface area contributed by atoms with Crippen LogP contribution in [0.3, 0.4) is 0 Å². The van der Waals surface area contributed by atoms with Crippen LogP contribution in [0.4, 0.5) is 0 Å². The monoisotopic (exact) mass is 287 g/mol. The van der Waals surface area contributed by atoms with Gasteiger partial charge in [-0.1, -0.05) is 25.0 Å². The molecule has 0 radical (unpaired) electrons. The molecule has 1 aromatic rings. The summed E-state index contributed by atoms with van der Waals surface area (Å²) >= 11 is 0. The third-order valence-corrected chi connectivity index (χ3v) is 5.27. The zero-order valence-corrected chi connectivity index (χ0v) is 12.9. The van der Waals surface area contributed by atoms with E-state index in [0.717, 1.165) is 18.7 Å². The predicted molar refractivity (Wildman–Crippen MR) is 83.5 cm³/mol. The summed E-state index contributed by atoms with van der Waals surface area (Å²) in [6, 6.07) is 8.57. The van der Waals surface area contributed by atoms with Gasteiger partial charge in [-0.15, -0.1) is 0 Å². The van der Waals surface area contributed by atoms with Crippen molar-refractivity contribution >= 4 is 5.91 Å². The minimum absolute atomic E-state index is 0.157. The van der Waals surface area contributed by atoms with Gasteiger partial charge in [0.1, 0.15) is 5.75 Å². The van der Waals surface area contributed by atoms with E-state index < -0.39 is 0 Å². The first-order chi connectivity index (χ1) is 10.2. The van der Waals surface area contributed by atoms with E-state index in [-0.39, 0.29) is 11.3 Å². The first-order valence-corrected chi connectivity index (χ1v) is 8.24. The van der Waals surface area contributed by atoms with E-state index >= 15 is 0 Å². The molecular formula is C18H25NO2. The maximum absolute atomic E-state index is 11.8. The van der Waals surface area contributed by atoms with Gasteiger partial charge in [0.25, 0.3) is 0 Å². The van der Waals surface area contributed by atoms with Crippen molar-refractivity contribution in [1.29, 1.82) is 0 Å². The lowest BCUT2D eigenvalue weighted by Crippen LogP contribution is -2.41. The normalized spacial score (nSPS) is 29.2. The van der Waals surface area contributed by atoms with Gasteiger partial charge in [0.05, 0.1) is 6.61 Å². The summed E-state index contributed by atoms with van der Waals surface area (Å²) in [7, 11) is 0. The fourth-order valence-electron chi connectivity index (χ4n) is 4.19. The quantitative estimate of drug-likeness (QED) is 0.925. The SMILES string of the molecule is CCOc1cccc(C23CCCCC2CNC(=O)CC3)c1. The Morgan fingerprint density at radius 2 is 2.24 bits per heavy atom. The van der Waals surface area contributed by atoms with E-state index in [1.807, 2.05) is 13.0 Å². The highest BCUT2D eigenvalue weighted by Crippen LogP contribution is 2.48. The summed E-state index contributed by atoms with van der Waals surface area (Å²) < 4.78 is 5.68. The van der Waals surface area contributed by atoms with Gasteiger partial charge >= 0.3 is 0 Å². The average Bonchev–Trinajstić information content (AvgIpc) is 2.69. The van der Waals surface area contributed by atoms with Gasteiger partial charge in [-0.05, 0) is 49.8 Å². The van der Waals surface area contributed by atoms with E-state index in [2.05, 4.69) is 23.5 Å². The molecule has 1 saturated carbocycles. The summed E-state index contributed by atoms with van der Waals surface area (Å²) in [5.74, 6) is 1.73. The van der Waals surface area contributed by atoms with E-state index in [1.165, 1.54) is 31.2 Å². The lowest BCUT2D eigenvalue weighted by molar-refractivity contribution is -0.120. The molecule has 1 aliphatic carbocycles. The Morgan fingerprint density at radius 1 is 1.33 bits per heavy atom.